The largest absolute Gasteiger partial charge is 0.482 e. The highest BCUT2D eigenvalue weighted by Crippen LogP contribution is 2.33. The van der Waals surface area contributed by atoms with Gasteiger partial charge in [0.25, 0.3) is 5.91 Å². The summed E-state index contributed by atoms with van der Waals surface area (Å²) in [6, 6.07) is 7.25. The van der Waals surface area contributed by atoms with Crippen molar-refractivity contribution in [1.29, 1.82) is 0 Å². The van der Waals surface area contributed by atoms with Crippen LogP contribution in [0.2, 0.25) is 0 Å². The van der Waals surface area contributed by atoms with Gasteiger partial charge in [-0.15, -0.1) is 0 Å². The summed E-state index contributed by atoms with van der Waals surface area (Å²) in [5.74, 6) is 0.820. The maximum absolute atomic E-state index is 12.7. The third kappa shape index (κ3) is 3.32. The Hall–Kier alpha value is -2.24. The monoisotopic (exact) mass is 306 g/mol. The molecule has 1 aromatic carbocycles. The van der Waals surface area contributed by atoms with Gasteiger partial charge in [0.2, 0.25) is 12.0 Å². The fraction of sp³-hybridized carbons (Fsp3) is 0.500. The van der Waals surface area contributed by atoms with Gasteiger partial charge < -0.3 is 19.3 Å². The fourth-order valence-corrected chi connectivity index (χ4v) is 2.22. The van der Waals surface area contributed by atoms with E-state index in [1.807, 2.05) is 19.1 Å². The van der Waals surface area contributed by atoms with Crippen molar-refractivity contribution in [2.24, 2.45) is 0 Å². The maximum atomic E-state index is 12.7. The zero-order valence-electron chi connectivity index (χ0n) is 13.4. The number of para-hydroxylation sites is 2. The van der Waals surface area contributed by atoms with Crippen LogP contribution in [-0.2, 0) is 9.59 Å². The topological polar surface area (TPSA) is 59.1 Å². The molecule has 0 N–H and O–H groups in total. The molecule has 0 saturated carbocycles. The van der Waals surface area contributed by atoms with Gasteiger partial charge in [0.15, 0.2) is 11.5 Å². The molecule has 0 fully saturated rings. The van der Waals surface area contributed by atoms with Crippen LogP contribution in [0.4, 0.5) is 0 Å². The van der Waals surface area contributed by atoms with Crippen LogP contribution in [0.25, 0.3) is 0 Å². The summed E-state index contributed by atoms with van der Waals surface area (Å²) >= 11 is 0. The van der Waals surface area contributed by atoms with Gasteiger partial charge in [-0.3, -0.25) is 9.59 Å². The Labute approximate surface area is 130 Å². The number of ether oxygens (including phenoxy) is 2. The van der Waals surface area contributed by atoms with E-state index < -0.39 is 12.2 Å². The minimum atomic E-state index is -0.746. The first-order valence-corrected chi connectivity index (χ1v) is 7.35. The summed E-state index contributed by atoms with van der Waals surface area (Å²) in [4.78, 5) is 27.4. The second-order valence-electron chi connectivity index (χ2n) is 5.45. The molecule has 6 heteroatoms. The average molecular weight is 306 g/mol. The molecular weight excluding hydrogens is 284 g/mol. The van der Waals surface area contributed by atoms with E-state index in [4.69, 9.17) is 9.47 Å². The average Bonchev–Trinajstić information content (AvgIpc) is 2.50. The SMILES string of the molecule is CCN(CC(=O)N(C)C)C(=O)[C@H]1Oc2ccccc2O[C@@H]1C. The second-order valence-corrected chi connectivity index (χ2v) is 5.45. The summed E-state index contributed by atoms with van der Waals surface area (Å²) < 4.78 is 11.5. The summed E-state index contributed by atoms with van der Waals surface area (Å²) in [5, 5.41) is 0. The van der Waals surface area contributed by atoms with E-state index in [0.29, 0.717) is 18.0 Å². The number of benzene rings is 1. The summed E-state index contributed by atoms with van der Waals surface area (Å²) in [6.45, 7) is 4.10. The number of carbonyl (C=O) groups is 2. The molecule has 0 aliphatic carbocycles. The lowest BCUT2D eigenvalue weighted by Crippen LogP contribution is -2.52. The summed E-state index contributed by atoms with van der Waals surface area (Å²) in [6.07, 6.45) is -1.16. The Morgan fingerprint density at radius 3 is 2.27 bits per heavy atom. The second kappa shape index (κ2) is 6.68. The van der Waals surface area contributed by atoms with Crippen LogP contribution in [0.3, 0.4) is 0 Å². The molecule has 2 atom stereocenters. The molecule has 0 spiro atoms. The highest BCUT2D eigenvalue weighted by Gasteiger charge is 2.36. The molecule has 0 bridgehead atoms. The number of nitrogens with zero attached hydrogens (tertiary/aromatic N) is 2. The Kier molecular flexibility index (Phi) is 4.90. The highest BCUT2D eigenvalue weighted by molar-refractivity contribution is 5.87. The minimum absolute atomic E-state index is 0.0383. The third-order valence-electron chi connectivity index (χ3n) is 3.60. The normalized spacial score (nSPS) is 19.5. The number of hydrogen-bond donors (Lipinski definition) is 0. The van der Waals surface area contributed by atoms with Crippen molar-refractivity contribution in [3.8, 4) is 11.5 Å². The fourth-order valence-electron chi connectivity index (χ4n) is 2.22. The van der Waals surface area contributed by atoms with E-state index in [0.717, 1.165) is 0 Å². The van der Waals surface area contributed by atoms with Gasteiger partial charge in [-0.1, -0.05) is 12.1 Å². The first kappa shape index (κ1) is 16.1. The molecular formula is C16H22N2O4. The van der Waals surface area contributed by atoms with Gasteiger partial charge in [-0.2, -0.15) is 0 Å². The quantitative estimate of drug-likeness (QED) is 0.837. The number of likely N-dealkylation sites (N-methyl/N-ethyl adjacent to an activating group) is 2. The van der Waals surface area contributed by atoms with Crippen molar-refractivity contribution in [1.82, 2.24) is 9.80 Å². The van der Waals surface area contributed by atoms with Crippen LogP contribution in [0.15, 0.2) is 24.3 Å². The Morgan fingerprint density at radius 1 is 1.14 bits per heavy atom. The zero-order valence-corrected chi connectivity index (χ0v) is 13.4. The van der Waals surface area contributed by atoms with E-state index in [9.17, 15) is 9.59 Å². The number of fused-ring (bicyclic) bond motifs is 1. The van der Waals surface area contributed by atoms with Crippen molar-refractivity contribution in [2.75, 3.05) is 27.2 Å². The van der Waals surface area contributed by atoms with Gasteiger partial charge in [0, 0.05) is 20.6 Å². The maximum Gasteiger partial charge on any atom is 0.268 e. The molecule has 1 aliphatic rings. The molecule has 1 aromatic rings. The molecule has 120 valence electrons. The van der Waals surface area contributed by atoms with Crippen molar-refractivity contribution >= 4 is 11.8 Å². The molecule has 0 radical (unpaired) electrons. The molecule has 0 unspecified atom stereocenters. The number of rotatable bonds is 4. The summed E-state index contributed by atoms with van der Waals surface area (Å²) in [7, 11) is 3.33. The number of hydrogen-bond acceptors (Lipinski definition) is 4. The van der Waals surface area contributed by atoms with Crippen molar-refractivity contribution in [3.05, 3.63) is 24.3 Å². The molecule has 0 saturated heterocycles. The Bertz CT molecular complexity index is 559. The lowest BCUT2D eigenvalue weighted by Gasteiger charge is -2.34. The van der Waals surface area contributed by atoms with E-state index in [1.165, 1.54) is 9.80 Å². The first-order chi connectivity index (χ1) is 10.4. The molecule has 1 aliphatic heterocycles. The van der Waals surface area contributed by atoms with Gasteiger partial charge in [-0.05, 0) is 26.0 Å². The minimum Gasteiger partial charge on any atom is -0.482 e. The van der Waals surface area contributed by atoms with E-state index in [1.54, 1.807) is 33.2 Å². The molecule has 0 aromatic heterocycles. The lowest BCUT2D eigenvalue weighted by molar-refractivity contribution is -0.148. The van der Waals surface area contributed by atoms with E-state index in [-0.39, 0.29) is 18.4 Å². The predicted octanol–water partition coefficient (Wildman–Crippen LogP) is 1.15. The molecule has 6 nitrogen and oxygen atoms in total. The van der Waals surface area contributed by atoms with Crippen LogP contribution < -0.4 is 9.47 Å². The van der Waals surface area contributed by atoms with Crippen LogP contribution in [0.1, 0.15) is 13.8 Å². The molecule has 2 amide bonds. The third-order valence-corrected chi connectivity index (χ3v) is 3.60. The lowest BCUT2D eigenvalue weighted by atomic mass is 10.1. The molecule has 2 rings (SSSR count). The van der Waals surface area contributed by atoms with Crippen molar-refractivity contribution in [2.45, 2.75) is 26.1 Å². The highest BCUT2D eigenvalue weighted by atomic mass is 16.6. The number of amides is 2. The van der Waals surface area contributed by atoms with Gasteiger partial charge in [0.1, 0.15) is 6.10 Å². The zero-order chi connectivity index (χ0) is 16.3. The van der Waals surface area contributed by atoms with Gasteiger partial charge >= 0.3 is 0 Å². The predicted molar refractivity (Wildman–Crippen MR) is 81.9 cm³/mol. The molecule has 1 heterocycles. The van der Waals surface area contributed by atoms with Crippen molar-refractivity contribution < 1.29 is 19.1 Å². The Morgan fingerprint density at radius 2 is 1.73 bits per heavy atom. The van der Waals surface area contributed by atoms with Gasteiger partial charge in [-0.25, -0.2) is 0 Å². The van der Waals surface area contributed by atoms with Crippen LogP contribution in [0, 0.1) is 0 Å². The Balaban J connectivity index is 2.12. The van der Waals surface area contributed by atoms with Crippen molar-refractivity contribution in [3.63, 3.8) is 0 Å². The number of carbonyl (C=O) groups excluding carboxylic acids is 2. The van der Waals surface area contributed by atoms with Crippen LogP contribution >= 0.6 is 0 Å². The summed E-state index contributed by atoms with van der Waals surface area (Å²) in [5.41, 5.74) is 0. The van der Waals surface area contributed by atoms with E-state index >= 15 is 0 Å². The smallest absolute Gasteiger partial charge is 0.268 e. The van der Waals surface area contributed by atoms with Crippen LogP contribution in [-0.4, -0.2) is 61.0 Å². The molecule has 22 heavy (non-hydrogen) atoms. The van der Waals surface area contributed by atoms with Gasteiger partial charge in [0.05, 0.1) is 6.54 Å². The first-order valence-electron chi connectivity index (χ1n) is 7.35. The standard InChI is InChI=1S/C16H22N2O4/c1-5-18(10-14(19)17(3)4)16(20)15-11(2)21-12-8-6-7-9-13(12)22-15/h6-9,11,15H,5,10H2,1-4H3/t11-,15+/m1/s1. The van der Waals surface area contributed by atoms with E-state index in [2.05, 4.69) is 0 Å². The van der Waals surface area contributed by atoms with Crippen LogP contribution in [0.5, 0.6) is 11.5 Å².